The summed E-state index contributed by atoms with van der Waals surface area (Å²) in [4.78, 5) is 0. The first-order chi connectivity index (χ1) is 6.20. The van der Waals surface area contributed by atoms with Crippen molar-refractivity contribution in [3.05, 3.63) is 0 Å². The third kappa shape index (κ3) is 2.51. The molecule has 0 radical (unpaired) electrons. The average molecular weight is 204 g/mol. The van der Waals surface area contributed by atoms with Gasteiger partial charge in [-0.15, -0.1) is 0 Å². The summed E-state index contributed by atoms with van der Waals surface area (Å²) in [6, 6.07) is 0.328. The first-order valence-electron chi connectivity index (χ1n) is 5.05. The number of nitrogens with zero attached hydrogens (tertiary/aromatic N) is 1. The molecule has 0 aromatic heterocycles. The Morgan fingerprint density at radius 1 is 1.62 bits per heavy atom. The Hall–Kier alpha value is 0.0700. The van der Waals surface area contributed by atoms with Crippen molar-refractivity contribution in [2.75, 3.05) is 18.8 Å². The molecule has 0 bridgehead atoms. The minimum Gasteiger partial charge on any atom is -0.329 e. The number of hydrogen-bond acceptors (Lipinski definition) is 2. The zero-order valence-corrected chi connectivity index (χ0v) is 9.35. The van der Waals surface area contributed by atoms with Crippen LogP contribution in [0, 0.1) is 5.92 Å². The van der Waals surface area contributed by atoms with Gasteiger partial charge in [0.25, 0.3) is 0 Å². The van der Waals surface area contributed by atoms with Gasteiger partial charge in [-0.1, -0.05) is 13.8 Å². The Labute approximate surface area is 83.3 Å². The maximum absolute atomic E-state index is 11.7. The largest absolute Gasteiger partial charge is 0.329 e. The highest BCUT2D eigenvalue weighted by atomic mass is 32.2. The number of hydrogen-bond donors (Lipinski definition) is 1. The highest BCUT2D eigenvalue weighted by Gasteiger charge is 2.30. The van der Waals surface area contributed by atoms with Gasteiger partial charge in [0, 0.05) is 24.9 Å². The molecule has 13 heavy (non-hydrogen) atoms. The third-order valence-electron chi connectivity index (χ3n) is 2.81. The van der Waals surface area contributed by atoms with Crippen molar-refractivity contribution in [3.63, 3.8) is 0 Å². The number of piperidine rings is 1. The number of rotatable bonds is 3. The summed E-state index contributed by atoms with van der Waals surface area (Å²) in [6.07, 6.45) is 2.38. The van der Waals surface area contributed by atoms with E-state index in [1.54, 1.807) is 0 Å². The second kappa shape index (κ2) is 5.08. The molecule has 0 aromatic carbocycles. The van der Waals surface area contributed by atoms with Crippen LogP contribution in [0.3, 0.4) is 0 Å². The lowest BCUT2D eigenvalue weighted by Gasteiger charge is -2.37. The molecule has 0 aliphatic carbocycles. The molecule has 3 atom stereocenters. The molecule has 1 aliphatic rings. The maximum Gasteiger partial charge on any atom is 0.0942 e. The van der Waals surface area contributed by atoms with Gasteiger partial charge in [-0.25, -0.2) is 8.51 Å². The molecule has 0 amide bonds. The van der Waals surface area contributed by atoms with E-state index in [1.807, 2.05) is 6.92 Å². The van der Waals surface area contributed by atoms with Gasteiger partial charge in [-0.2, -0.15) is 0 Å². The smallest absolute Gasteiger partial charge is 0.0942 e. The van der Waals surface area contributed by atoms with Crippen molar-refractivity contribution in [1.29, 1.82) is 0 Å². The van der Waals surface area contributed by atoms with Crippen molar-refractivity contribution in [1.82, 2.24) is 4.31 Å². The first kappa shape index (κ1) is 11.1. The van der Waals surface area contributed by atoms with Gasteiger partial charge in [-0.3, -0.25) is 0 Å². The van der Waals surface area contributed by atoms with Gasteiger partial charge < -0.3 is 5.73 Å². The van der Waals surface area contributed by atoms with Gasteiger partial charge in [0.2, 0.25) is 0 Å². The van der Waals surface area contributed by atoms with E-state index in [2.05, 4.69) is 11.2 Å². The Kier molecular flexibility index (Phi) is 4.35. The maximum atomic E-state index is 11.7. The molecular weight excluding hydrogens is 184 g/mol. The van der Waals surface area contributed by atoms with E-state index >= 15 is 0 Å². The Bertz CT molecular complexity index is 186. The molecule has 1 saturated heterocycles. The summed E-state index contributed by atoms with van der Waals surface area (Å²) in [6.45, 7) is 5.75. The molecule has 0 spiro atoms. The van der Waals surface area contributed by atoms with Crippen molar-refractivity contribution >= 4 is 11.0 Å². The second-order valence-corrected chi connectivity index (χ2v) is 5.36. The molecule has 0 aromatic rings. The highest BCUT2D eigenvalue weighted by Crippen LogP contribution is 2.23. The average Bonchev–Trinajstić information content (AvgIpc) is 2.16. The third-order valence-corrected chi connectivity index (χ3v) is 4.29. The monoisotopic (exact) mass is 204 g/mol. The molecular formula is C9H20N2OS. The van der Waals surface area contributed by atoms with E-state index < -0.39 is 11.0 Å². The molecule has 1 heterocycles. The van der Waals surface area contributed by atoms with Crippen molar-refractivity contribution in [2.45, 2.75) is 32.7 Å². The molecule has 2 N–H and O–H groups in total. The Morgan fingerprint density at radius 3 is 2.85 bits per heavy atom. The normalized spacial score (nSPS) is 33.2. The van der Waals surface area contributed by atoms with E-state index in [0.29, 0.717) is 24.3 Å². The van der Waals surface area contributed by atoms with Crippen LogP contribution < -0.4 is 5.73 Å². The van der Waals surface area contributed by atoms with E-state index in [4.69, 9.17) is 5.73 Å². The fraction of sp³-hybridized carbons (Fsp3) is 1.00. The SMILES string of the molecule is CCS(=O)N1CCCC(C)C1CN. The first-order valence-corrected chi connectivity index (χ1v) is 6.33. The summed E-state index contributed by atoms with van der Waals surface area (Å²) >= 11 is 0. The van der Waals surface area contributed by atoms with Crippen LogP contribution >= 0.6 is 0 Å². The predicted molar refractivity (Wildman–Crippen MR) is 56.6 cm³/mol. The lowest BCUT2D eigenvalue weighted by molar-refractivity contribution is 0.200. The van der Waals surface area contributed by atoms with Gasteiger partial charge in [0.15, 0.2) is 0 Å². The van der Waals surface area contributed by atoms with Gasteiger partial charge >= 0.3 is 0 Å². The van der Waals surface area contributed by atoms with E-state index in [0.717, 1.165) is 13.0 Å². The molecule has 3 nitrogen and oxygen atoms in total. The molecule has 1 aliphatic heterocycles. The Morgan fingerprint density at radius 2 is 2.31 bits per heavy atom. The van der Waals surface area contributed by atoms with Crippen LogP contribution in [0.1, 0.15) is 26.7 Å². The van der Waals surface area contributed by atoms with Crippen LogP contribution in [0.25, 0.3) is 0 Å². The zero-order chi connectivity index (χ0) is 9.84. The van der Waals surface area contributed by atoms with E-state index in [9.17, 15) is 4.21 Å². The summed E-state index contributed by atoms with van der Waals surface area (Å²) in [5, 5.41) is 0. The summed E-state index contributed by atoms with van der Waals surface area (Å²) in [5.74, 6) is 1.30. The highest BCUT2D eigenvalue weighted by molar-refractivity contribution is 7.82. The van der Waals surface area contributed by atoms with Crippen molar-refractivity contribution < 1.29 is 4.21 Å². The molecule has 1 fully saturated rings. The second-order valence-electron chi connectivity index (χ2n) is 3.67. The van der Waals surface area contributed by atoms with Crippen LogP contribution in [0.5, 0.6) is 0 Å². The van der Waals surface area contributed by atoms with Gasteiger partial charge in [-0.05, 0) is 18.8 Å². The van der Waals surface area contributed by atoms with Crippen LogP contribution in [0.4, 0.5) is 0 Å². The minimum atomic E-state index is -0.811. The molecule has 3 unspecified atom stereocenters. The standard InChI is InChI=1S/C9H20N2OS/c1-3-13(12)11-6-4-5-8(2)9(11)7-10/h8-9H,3-7,10H2,1-2H3. The lowest BCUT2D eigenvalue weighted by atomic mass is 9.93. The van der Waals surface area contributed by atoms with Gasteiger partial charge in [0.05, 0.1) is 11.0 Å². The zero-order valence-electron chi connectivity index (χ0n) is 8.53. The van der Waals surface area contributed by atoms with Crippen LogP contribution in [0.2, 0.25) is 0 Å². The van der Waals surface area contributed by atoms with Crippen LogP contribution in [-0.2, 0) is 11.0 Å². The Balaban J connectivity index is 2.64. The lowest BCUT2D eigenvalue weighted by Crippen LogP contribution is -2.49. The fourth-order valence-corrected chi connectivity index (χ4v) is 3.24. The quantitative estimate of drug-likeness (QED) is 0.736. The summed E-state index contributed by atoms with van der Waals surface area (Å²) in [5.41, 5.74) is 5.70. The molecule has 78 valence electrons. The summed E-state index contributed by atoms with van der Waals surface area (Å²) in [7, 11) is -0.811. The molecule has 4 heteroatoms. The fourth-order valence-electron chi connectivity index (χ4n) is 1.98. The number of nitrogens with two attached hydrogens (primary N) is 1. The van der Waals surface area contributed by atoms with E-state index in [-0.39, 0.29) is 0 Å². The van der Waals surface area contributed by atoms with Gasteiger partial charge in [0.1, 0.15) is 0 Å². The minimum absolute atomic E-state index is 0.328. The van der Waals surface area contributed by atoms with Crippen molar-refractivity contribution in [3.8, 4) is 0 Å². The molecule has 1 rings (SSSR count). The van der Waals surface area contributed by atoms with Crippen LogP contribution in [-0.4, -0.2) is 33.4 Å². The van der Waals surface area contributed by atoms with Crippen LogP contribution in [0.15, 0.2) is 0 Å². The predicted octanol–water partition coefficient (Wildman–Crippen LogP) is 0.729. The topological polar surface area (TPSA) is 46.3 Å². The van der Waals surface area contributed by atoms with Crippen molar-refractivity contribution in [2.24, 2.45) is 11.7 Å². The summed E-state index contributed by atoms with van der Waals surface area (Å²) < 4.78 is 13.7. The van der Waals surface area contributed by atoms with E-state index in [1.165, 1.54) is 6.42 Å². The molecule has 0 saturated carbocycles.